The van der Waals surface area contributed by atoms with Crippen LogP contribution in [0.2, 0.25) is 0 Å². The molecule has 5 heteroatoms. The summed E-state index contributed by atoms with van der Waals surface area (Å²) in [5, 5.41) is -0.819. The standard InChI is InChI=1S/C16H15BrO3S/c1-2-20-16(18)15(12-7-4-3-5-8-12)21(19)14-10-6-9-13(17)11-14/h3-11,15H,2H2,1H3. The van der Waals surface area contributed by atoms with Crippen LogP contribution < -0.4 is 0 Å². The Bertz CT molecular complexity index is 643. The van der Waals surface area contributed by atoms with Gasteiger partial charge in [-0.2, -0.15) is 0 Å². The minimum Gasteiger partial charge on any atom is -0.465 e. The Labute approximate surface area is 134 Å². The van der Waals surface area contributed by atoms with Gasteiger partial charge in [-0.1, -0.05) is 52.3 Å². The van der Waals surface area contributed by atoms with Crippen LogP contribution in [-0.2, 0) is 20.3 Å². The van der Waals surface area contributed by atoms with E-state index < -0.39 is 22.0 Å². The summed E-state index contributed by atoms with van der Waals surface area (Å²) in [7, 11) is -1.52. The third-order valence-electron chi connectivity index (χ3n) is 2.85. The molecule has 0 aliphatic carbocycles. The van der Waals surface area contributed by atoms with E-state index >= 15 is 0 Å². The summed E-state index contributed by atoms with van der Waals surface area (Å²) >= 11 is 3.35. The molecule has 0 amide bonds. The SMILES string of the molecule is CCOC(=O)C(c1ccccc1)S(=O)c1cccc(Br)c1. The Balaban J connectivity index is 2.40. The van der Waals surface area contributed by atoms with Crippen molar-refractivity contribution in [1.82, 2.24) is 0 Å². The quantitative estimate of drug-likeness (QED) is 0.754. The summed E-state index contributed by atoms with van der Waals surface area (Å²) in [5.74, 6) is -0.470. The van der Waals surface area contributed by atoms with E-state index in [1.807, 2.05) is 24.3 Å². The van der Waals surface area contributed by atoms with Gasteiger partial charge in [-0.3, -0.25) is 9.00 Å². The molecule has 0 bridgehead atoms. The van der Waals surface area contributed by atoms with Gasteiger partial charge in [-0.15, -0.1) is 0 Å². The Morgan fingerprint density at radius 1 is 1.19 bits per heavy atom. The third kappa shape index (κ3) is 4.02. The second-order valence-corrected chi connectivity index (χ2v) is 6.75. The Morgan fingerprint density at radius 2 is 1.90 bits per heavy atom. The molecule has 0 N–H and O–H groups in total. The maximum atomic E-state index is 12.8. The van der Waals surface area contributed by atoms with Crippen LogP contribution in [0.1, 0.15) is 17.7 Å². The molecule has 2 aromatic carbocycles. The van der Waals surface area contributed by atoms with E-state index in [1.165, 1.54) is 0 Å². The number of hydrogen-bond donors (Lipinski definition) is 0. The molecule has 0 heterocycles. The lowest BCUT2D eigenvalue weighted by atomic mass is 10.1. The van der Waals surface area contributed by atoms with E-state index in [0.717, 1.165) is 4.47 Å². The topological polar surface area (TPSA) is 43.4 Å². The maximum absolute atomic E-state index is 12.8. The van der Waals surface area contributed by atoms with Gasteiger partial charge in [0.2, 0.25) is 0 Å². The molecule has 2 rings (SSSR count). The smallest absolute Gasteiger partial charge is 0.326 e. The number of benzene rings is 2. The van der Waals surface area contributed by atoms with E-state index in [9.17, 15) is 9.00 Å². The van der Waals surface area contributed by atoms with E-state index in [2.05, 4.69) is 15.9 Å². The first-order valence-corrected chi connectivity index (χ1v) is 8.51. The first kappa shape index (κ1) is 15.9. The largest absolute Gasteiger partial charge is 0.465 e. The lowest BCUT2D eigenvalue weighted by molar-refractivity contribution is -0.142. The van der Waals surface area contributed by atoms with Crippen molar-refractivity contribution in [1.29, 1.82) is 0 Å². The molecule has 0 saturated carbocycles. The van der Waals surface area contributed by atoms with Gasteiger partial charge in [0, 0.05) is 9.37 Å². The number of halogens is 1. The highest BCUT2D eigenvalue weighted by atomic mass is 79.9. The minimum atomic E-state index is -1.52. The fourth-order valence-electron chi connectivity index (χ4n) is 1.92. The zero-order valence-electron chi connectivity index (χ0n) is 11.5. The van der Waals surface area contributed by atoms with Crippen molar-refractivity contribution in [2.45, 2.75) is 17.1 Å². The van der Waals surface area contributed by atoms with E-state index in [0.29, 0.717) is 10.5 Å². The molecule has 0 fully saturated rings. The molecule has 110 valence electrons. The van der Waals surface area contributed by atoms with Crippen LogP contribution >= 0.6 is 15.9 Å². The zero-order valence-corrected chi connectivity index (χ0v) is 13.9. The molecule has 0 spiro atoms. The number of ether oxygens (including phenoxy) is 1. The van der Waals surface area contributed by atoms with Gasteiger partial charge >= 0.3 is 5.97 Å². The summed E-state index contributed by atoms with van der Waals surface area (Å²) < 4.78 is 18.7. The second-order valence-electron chi connectivity index (χ2n) is 4.30. The average Bonchev–Trinajstić information content (AvgIpc) is 2.49. The summed E-state index contributed by atoms with van der Waals surface area (Å²) in [6, 6.07) is 16.2. The molecular weight excluding hydrogens is 352 g/mol. The van der Waals surface area contributed by atoms with Crippen molar-refractivity contribution in [2.24, 2.45) is 0 Å². The highest BCUT2D eigenvalue weighted by Gasteiger charge is 2.29. The van der Waals surface area contributed by atoms with Crippen LogP contribution in [-0.4, -0.2) is 16.8 Å². The number of esters is 1. The lowest BCUT2D eigenvalue weighted by Gasteiger charge is -2.16. The van der Waals surface area contributed by atoms with Gasteiger partial charge < -0.3 is 4.74 Å². The van der Waals surface area contributed by atoms with Gasteiger partial charge in [0.25, 0.3) is 0 Å². The molecule has 2 aromatic rings. The maximum Gasteiger partial charge on any atom is 0.326 e. The van der Waals surface area contributed by atoms with E-state index in [1.54, 1.807) is 37.3 Å². The van der Waals surface area contributed by atoms with Gasteiger partial charge in [0.1, 0.15) is 0 Å². The van der Waals surface area contributed by atoms with Crippen molar-refractivity contribution in [2.75, 3.05) is 6.61 Å². The van der Waals surface area contributed by atoms with Crippen molar-refractivity contribution in [3.8, 4) is 0 Å². The van der Waals surface area contributed by atoms with E-state index in [4.69, 9.17) is 4.74 Å². The van der Waals surface area contributed by atoms with Crippen molar-refractivity contribution in [3.63, 3.8) is 0 Å². The molecule has 0 radical (unpaired) electrons. The second kappa shape index (κ2) is 7.52. The first-order valence-electron chi connectivity index (χ1n) is 6.51. The van der Waals surface area contributed by atoms with Gasteiger partial charge in [-0.05, 0) is 30.7 Å². The van der Waals surface area contributed by atoms with Crippen molar-refractivity contribution in [3.05, 3.63) is 64.6 Å². The number of hydrogen-bond acceptors (Lipinski definition) is 3. The van der Waals surface area contributed by atoms with E-state index in [-0.39, 0.29) is 6.61 Å². The Morgan fingerprint density at radius 3 is 2.52 bits per heavy atom. The summed E-state index contributed by atoms with van der Waals surface area (Å²) in [4.78, 5) is 12.8. The molecule has 21 heavy (non-hydrogen) atoms. The molecule has 0 aromatic heterocycles. The fraction of sp³-hybridized carbons (Fsp3) is 0.188. The van der Waals surface area contributed by atoms with Crippen LogP contribution in [0.4, 0.5) is 0 Å². The van der Waals surface area contributed by atoms with Crippen LogP contribution in [0.15, 0.2) is 64.0 Å². The molecule has 3 nitrogen and oxygen atoms in total. The fourth-order valence-corrected chi connectivity index (χ4v) is 3.85. The molecule has 0 aliphatic heterocycles. The third-order valence-corrected chi connectivity index (χ3v) is 4.95. The number of carbonyl (C=O) groups is 1. The lowest BCUT2D eigenvalue weighted by Crippen LogP contribution is -2.20. The first-order chi connectivity index (χ1) is 10.1. The summed E-state index contributed by atoms with van der Waals surface area (Å²) in [6.07, 6.45) is 0. The van der Waals surface area contributed by atoms with Crippen molar-refractivity contribution >= 4 is 32.7 Å². The average molecular weight is 367 g/mol. The van der Waals surface area contributed by atoms with Crippen molar-refractivity contribution < 1.29 is 13.7 Å². The number of carbonyl (C=O) groups excluding carboxylic acids is 1. The van der Waals surface area contributed by atoms with Crippen LogP contribution in [0.25, 0.3) is 0 Å². The molecule has 2 atom stereocenters. The Hall–Kier alpha value is -1.46. The van der Waals surface area contributed by atoms with Crippen LogP contribution in [0, 0.1) is 0 Å². The van der Waals surface area contributed by atoms with Gasteiger partial charge in [0.15, 0.2) is 5.25 Å². The molecule has 0 saturated heterocycles. The molecular formula is C16H15BrO3S. The summed E-state index contributed by atoms with van der Waals surface area (Å²) in [6.45, 7) is 2.00. The van der Waals surface area contributed by atoms with Crippen LogP contribution in [0.5, 0.6) is 0 Å². The van der Waals surface area contributed by atoms with Gasteiger partial charge in [-0.25, -0.2) is 0 Å². The zero-order chi connectivity index (χ0) is 15.2. The molecule has 2 unspecified atom stereocenters. The monoisotopic (exact) mass is 366 g/mol. The predicted molar refractivity (Wildman–Crippen MR) is 86.4 cm³/mol. The Kier molecular flexibility index (Phi) is 5.70. The highest BCUT2D eigenvalue weighted by molar-refractivity contribution is 9.10. The predicted octanol–water partition coefficient (Wildman–Crippen LogP) is 3.86. The van der Waals surface area contributed by atoms with Gasteiger partial charge in [0.05, 0.1) is 17.4 Å². The van der Waals surface area contributed by atoms with Crippen LogP contribution in [0.3, 0.4) is 0 Å². The number of rotatable bonds is 5. The summed E-state index contributed by atoms with van der Waals surface area (Å²) in [5.41, 5.74) is 0.689. The normalized spacial score (nSPS) is 13.4. The molecule has 0 aliphatic rings. The minimum absolute atomic E-state index is 0.262. The highest BCUT2D eigenvalue weighted by Crippen LogP contribution is 2.28.